The second-order valence-corrected chi connectivity index (χ2v) is 6.59. The fourth-order valence-corrected chi connectivity index (χ4v) is 1.92. The van der Waals surface area contributed by atoms with Crippen molar-refractivity contribution in [1.82, 2.24) is 5.32 Å². The molecule has 4 heteroatoms. The Morgan fingerprint density at radius 3 is 2.29 bits per heavy atom. The molecular weight excluding hydrogens is 266 g/mol. The van der Waals surface area contributed by atoms with Crippen LogP contribution in [-0.2, 0) is 22.6 Å². The first-order chi connectivity index (χ1) is 9.70. The van der Waals surface area contributed by atoms with Crippen molar-refractivity contribution in [1.29, 1.82) is 0 Å². The Labute approximate surface area is 126 Å². The lowest BCUT2D eigenvalue weighted by Crippen LogP contribution is -2.29. The van der Waals surface area contributed by atoms with Gasteiger partial charge in [0.2, 0.25) is 5.91 Å². The first-order valence-electron chi connectivity index (χ1n) is 7.25. The first-order valence-corrected chi connectivity index (χ1v) is 7.25. The molecule has 1 aromatic rings. The van der Waals surface area contributed by atoms with Gasteiger partial charge in [-0.05, 0) is 22.5 Å². The summed E-state index contributed by atoms with van der Waals surface area (Å²) in [6.07, 6.45) is 0.453. The summed E-state index contributed by atoms with van der Waals surface area (Å²) in [5.74, 6) is -0.579. The van der Waals surface area contributed by atoms with E-state index >= 15 is 0 Å². The number of benzene rings is 1. The van der Waals surface area contributed by atoms with Gasteiger partial charge in [-0.1, -0.05) is 52.0 Å². The Balaban J connectivity index is 2.59. The lowest BCUT2D eigenvalue weighted by atomic mass is 9.80. The largest absolute Gasteiger partial charge is 0.481 e. The van der Waals surface area contributed by atoms with Crippen molar-refractivity contribution in [3.63, 3.8) is 0 Å². The fraction of sp³-hybridized carbons (Fsp3) is 0.529. The molecule has 0 spiro atoms. The topological polar surface area (TPSA) is 66.4 Å². The molecule has 116 valence electrons. The Hall–Kier alpha value is -1.84. The van der Waals surface area contributed by atoms with E-state index in [0.29, 0.717) is 13.0 Å². The number of carboxylic acids is 1. The average Bonchev–Trinajstić information content (AvgIpc) is 2.36. The third kappa shape index (κ3) is 5.98. The molecule has 0 bridgehead atoms. The fourth-order valence-electron chi connectivity index (χ4n) is 1.92. The van der Waals surface area contributed by atoms with Crippen LogP contribution in [0.2, 0.25) is 0 Å². The standard InChI is InChI=1S/C17H25NO3/c1-12(17(2,3)4)9-15(19)18-11-14-8-6-5-7-13(14)10-16(20)21/h5-8,12H,9-11H2,1-4H3,(H,18,19)(H,20,21). The Morgan fingerprint density at radius 1 is 1.19 bits per heavy atom. The molecule has 0 aromatic heterocycles. The highest BCUT2D eigenvalue weighted by Crippen LogP contribution is 2.27. The molecule has 1 aromatic carbocycles. The average molecular weight is 291 g/mol. The van der Waals surface area contributed by atoms with Crippen molar-refractivity contribution in [3.05, 3.63) is 35.4 Å². The number of hydrogen-bond donors (Lipinski definition) is 2. The van der Waals surface area contributed by atoms with Crippen LogP contribution >= 0.6 is 0 Å². The van der Waals surface area contributed by atoms with Gasteiger partial charge < -0.3 is 10.4 Å². The van der Waals surface area contributed by atoms with Crippen LogP contribution in [0.25, 0.3) is 0 Å². The van der Waals surface area contributed by atoms with Crippen LogP contribution < -0.4 is 5.32 Å². The number of hydrogen-bond acceptors (Lipinski definition) is 2. The number of aliphatic carboxylic acids is 1. The minimum atomic E-state index is -0.866. The summed E-state index contributed by atoms with van der Waals surface area (Å²) in [7, 11) is 0. The maximum atomic E-state index is 12.0. The molecule has 0 aliphatic heterocycles. The van der Waals surface area contributed by atoms with E-state index < -0.39 is 5.97 Å². The van der Waals surface area contributed by atoms with Crippen LogP contribution in [0.3, 0.4) is 0 Å². The van der Waals surface area contributed by atoms with Gasteiger partial charge in [-0.25, -0.2) is 0 Å². The van der Waals surface area contributed by atoms with Crippen LogP contribution in [0, 0.1) is 11.3 Å². The van der Waals surface area contributed by atoms with E-state index in [4.69, 9.17) is 5.11 Å². The van der Waals surface area contributed by atoms with E-state index in [9.17, 15) is 9.59 Å². The molecule has 0 saturated carbocycles. The molecule has 0 heterocycles. The third-order valence-corrected chi connectivity index (χ3v) is 3.91. The minimum Gasteiger partial charge on any atom is -0.481 e. The second kappa shape index (κ2) is 7.25. The summed E-state index contributed by atoms with van der Waals surface area (Å²) in [6.45, 7) is 8.80. The lowest BCUT2D eigenvalue weighted by Gasteiger charge is -2.26. The molecule has 1 atom stereocenters. The molecule has 1 unspecified atom stereocenters. The van der Waals surface area contributed by atoms with Gasteiger partial charge in [0, 0.05) is 13.0 Å². The molecule has 4 nitrogen and oxygen atoms in total. The van der Waals surface area contributed by atoms with Crippen LogP contribution in [0.1, 0.15) is 45.2 Å². The van der Waals surface area contributed by atoms with Gasteiger partial charge in [0.25, 0.3) is 0 Å². The molecule has 0 radical (unpaired) electrons. The van der Waals surface area contributed by atoms with Crippen molar-refractivity contribution >= 4 is 11.9 Å². The summed E-state index contributed by atoms with van der Waals surface area (Å²) in [6, 6.07) is 7.30. The number of nitrogens with one attached hydrogen (secondary N) is 1. The summed E-state index contributed by atoms with van der Waals surface area (Å²) < 4.78 is 0. The van der Waals surface area contributed by atoms with Gasteiger partial charge in [0.1, 0.15) is 0 Å². The van der Waals surface area contributed by atoms with E-state index in [1.807, 2.05) is 18.2 Å². The molecular formula is C17H25NO3. The summed E-state index contributed by atoms with van der Waals surface area (Å²) >= 11 is 0. The first kappa shape index (κ1) is 17.2. The molecule has 1 amide bonds. The van der Waals surface area contributed by atoms with E-state index in [1.165, 1.54) is 0 Å². The number of carbonyl (C=O) groups excluding carboxylic acids is 1. The summed E-state index contributed by atoms with van der Waals surface area (Å²) in [4.78, 5) is 22.8. The van der Waals surface area contributed by atoms with Crippen LogP contribution in [0.5, 0.6) is 0 Å². The Morgan fingerprint density at radius 2 is 1.76 bits per heavy atom. The van der Waals surface area contributed by atoms with Gasteiger partial charge in [-0.3, -0.25) is 9.59 Å². The van der Waals surface area contributed by atoms with E-state index in [1.54, 1.807) is 6.07 Å². The van der Waals surface area contributed by atoms with Crippen molar-refractivity contribution in [2.75, 3.05) is 0 Å². The van der Waals surface area contributed by atoms with Crippen molar-refractivity contribution in [2.45, 2.75) is 47.1 Å². The normalized spacial score (nSPS) is 12.8. The number of carbonyl (C=O) groups is 2. The summed E-state index contributed by atoms with van der Waals surface area (Å²) in [5, 5.41) is 11.8. The Kier molecular flexibility index (Phi) is 5.94. The van der Waals surface area contributed by atoms with Crippen molar-refractivity contribution in [3.8, 4) is 0 Å². The maximum Gasteiger partial charge on any atom is 0.307 e. The number of carboxylic acid groups (broad SMARTS) is 1. The zero-order valence-corrected chi connectivity index (χ0v) is 13.3. The minimum absolute atomic E-state index is 0.00236. The van der Waals surface area contributed by atoms with Crippen LogP contribution in [0.4, 0.5) is 0 Å². The second-order valence-electron chi connectivity index (χ2n) is 6.59. The highest BCUT2D eigenvalue weighted by Gasteiger charge is 2.22. The quantitative estimate of drug-likeness (QED) is 0.846. The lowest BCUT2D eigenvalue weighted by molar-refractivity contribution is -0.136. The van der Waals surface area contributed by atoms with Crippen LogP contribution in [-0.4, -0.2) is 17.0 Å². The zero-order chi connectivity index (χ0) is 16.0. The van der Waals surface area contributed by atoms with Gasteiger partial charge in [0.05, 0.1) is 6.42 Å². The molecule has 0 aliphatic carbocycles. The monoisotopic (exact) mass is 291 g/mol. The zero-order valence-electron chi connectivity index (χ0n) is 13.3. The third-order valence-electron chi connectivity index (χ3n) is 3.91. The molecule has 0 saturated heterocycles. The highest BCUT2D eigenvalue weighted by atomic mass is 16.4. The highest BCUT2D eigenvalue weighted by molar-refractivity contribution is 5.76. The van der Waals surface area contributed by atoms with Crippen molar-refractivity contribution < 1.29 is 14.7 Å². The summed E-state index contributed by atoms with van der Waals surface area (Å²) in [5.41, 5.74) is 1.70. The SMILES string of the molecule is CC(CC(=O)NCc1ccccc1CC(=O)O)C(C)(C)C. The molecule has 1 rings (SSSR count). The smallest absolute Gasteiger partial charge is 0.307 e. The van der Waals surface area contributed by atoms with Crippen LogP contribution in [0.15, 0.2) is 24.3 Å². The molecule has 2 N–H and O–H groups in total. The van der Waals surface area contributed by atoms with E-state index in [0.717, 1.165) is 11.1 Å². The Bertz CT molecular complexity index is 503. The van der Waals surface area contributed by atoms with Gasteiger partial charge in [-0.2, -0.15) is 0 Å². The predicted molar refractivity (Wildman–Crippen MR) is 82.9 cm³/mol. The molecule has 0 aliphatic rings. The molecule has 21 heavy (non-hydrogen) atoms. The predicted octanol–water partition coefficient (Wildman–Crippen LogP) is 3.00. The van der Waals surface area contributed by atoms with Crippen molar-refractivity contribution in [2.24, 2.45) is 11.3 Å². The number of rotatable bonds is 6. The van der Waals surface area contributed by atoms with Gasteiger partial charge in [-0.15, -0.1) is 0 Å². The molecule has 0 fully saturated rings. The van der Waals surface area contributed by atoms with Gasteiger partial charge in [0.15, 0.2) is 0 Å². The number of amides is 1. The van der Waals surface area contributed by atoms with E-state index in [2.05, 4.69) is 33.0 Å². The van der Waals surface area contributed by atoms with Gasteiger partial charge >= 0.3 is 5.97 Å². The van der Waals surface area contributed by atoms with E-state index in [-0.39, 0.29) is 23.7 Å². The maximum absolute atomic E-state index is 12.0.